The highest BCUT2D eigenvalue weighted by Gasteiger charge is 2.53. The molecule has 0 aliphatic heterocycles. The lowest BCUT2D eigenvalue weighted by Crippen LogP contribution is -2.66. The first-order valence-electron chi connectivity index (χ1n) is 14.7. The number of aliphatic carboxylic acids is 1. The zero-order valence-corrected chi connectivity index (χ0v) is 26.0. The lowest BCUT2D eigenvalue weighted by molar-refractivity contribution is -0.156. The Kier molecular flexibility index (Phi) is 12.1. The van der Waals surface area contributed by atoms with Crippen LogP contribution in [0.5, 0.6) is 11.5 Å². The predicted molar refractivity (Wildman–Crippen MR) is 162 cm³/mol. The van der Waals surface area contributed by atoms with Crippen LogP contribution >= 0.6 is 11.6 Å². The number of nitrogens with one attached hydrogen (secondary N) is 1. The molecule has 0 heterocycles. The van der Waals surface area contributed by atoms with E-state index in [1.54, 1.807) is 17.9 Å². The third kappa shape index (κ3) is 7.75. The first-order chi connectivity index (χ1) is 20.1. The van der Waals surface area contributed by atoms with Crippen molar-refractivity contribution in [1.29, 1.82) is 0 Å². The van der Waals surface area contributed by atoms with Crippen LogP contribution in [0.1, 0.15) is 87.8 Å². The van der Waals surface area contributed by atoms with Crippen molar-refractivity contribution in [1.82, 2.24) is 10.2 Å². The maximum Gasteiger partial charge on any atom is 0.329 e. The highest BCUT2D eigenvalue weighted by atomic mass is 35.5. The number of hydrogen-bond donors (Lipinski definition) is 2. The number of hydrogen-bond acceptors (Lipinski definition) is 6. The van der Waals surface area contributed by atoms with Crippen molar-refractivity contribution in [2.24, 2.45) is 0 Å². The Labute approximate surface area is 253 Å². The molecule has 2 aromatic rings. The van der Waals surface area contributed by atoms with Gasteiger partial charge in [-0.15, -0.1) is 0 Å². The lowest BCUT2D eigenvalue weighted by Gasteiger charge is -2.45. The Hall–Kier alpha value is -3.30. The number of amides is 2. The van der Waals surface area contributed by atoms with E-state index in [1.165, 1.54) is 12.5 Å². The molecule has 0 aromatic heterocycles. The van der Waals surface area contributed by atoms with Gasteiger partial charge in [0.15, 0.2) is 11.5 Å². The molecule has 2 amide bonds. The van der Waals surface area contributed by atoms with Gasteiger partial charge in [-0.1, -0.05) is 41.9 Å². The molecule has 1 aliphatic rings. The number of carbonyl (C=O) groups is 3. The van der Waals surface area contributed by atoms with Crippen LogP contribution in [0.25, 0.3) is 0 Å². The normalized spacial score (nSPS) is 18.5. The van der Waals surface area contributed by atoms with E-state index >= 15 is 0 Å². The van der Waals surface area contributed by atoms with Gasteiger partial charge < -0.3 is 29.5 Å². The molecule has 10 heteroatoms. The summed E-state index contributed by atoms with van der Waals surface area (Å²) in [5, 5.41) is 13.1. The van der Waals surface area contributed by atoms with E-state index < -0.39 is 23.6 Å². The van der Waals surface area contributed by atoms with Crippen LogP contribution in [0.15, 0.2) is 36.4 Å². The van der Waals surface area contributed by atoms with Crippen LogP contribution < -0.4 is 14.8 Å². The van der Waals surface area contributed by atoms with E-state index in [-0.39, 0.29) is 47.7 Å². The summed E-state index contributed by atoms with van der Waals surface area (Å²) >= 11 is 6.87. The molecule has 2 N–H and O–H groups in total. The number of unbranched alkanes of at least 4 members (excludes halogenated alkanes) is 1. The minimum Gasteiger partial charge on any atom is -0.493 e. The second kappa shape index (κ2) is 15.3. The smallest absolute Gasteiger partial charge is 0.329 e. The van der Waals surface area contributed by atoms with Crippen LogP contribution in [0, 0.1) is 0 Å². The number of rotatable bonds is 16. The van der Waals surface area contributed by atoms with Crippen molar-refractivity contribution in [3.63, 3.8) is 0 Å². The number of Topliss-reactive ketones (excluding diaryl/α,β-unsaturated/α-hetero) is 1. The SMILES string of the molecule is CCOc1cc(C(C)N(CCCCc2ccccc2)C(=O)NC2(C(=O)O)CC(OCC)C2)c(Cl)c(OCC)c1C(C)=O. The molecule has 42 heavy (non-hydrogen) atoms. The first kappa shape index (κ1) is 33.2. The Balaban J connectivity index is 1.95. The molecular formula is C32H43ClN2O7. The monoisotopic (exact) mass is 602 g/mol. The topological polar surface area (TPSA) is 114 Å². The van der Waals surface area contributed by atoms with Gasteiger partial charge in [-0.25, -0.2) is 9.59 Å². The van der Waals surface area contributed by atoms with Gasteiger partial charge in [0.2, 0.25) is 0 Å². The van der Waals surface area contributed by atoms with Crippen LogP contribution in [0.4, 0.5) is 4.79 Å². The second-order valence-corrected chi connectivity index (χ2v) is 10.9. The average Bonchev–Trinajstić information content (AvgIpc) is 2.93. The minimum atomic E-state index is -1.41. The summed E-state index contributed by atoms with van der Waals surface area (Å²) in [5.74, 6) is -0.811. The number of carbonyl (C=O) groups excluding carboxylic acids is 2. The maximum absolute atomic E-state index is 13.9. The number of nitrogens with zero attached hydrogens (tertiary/aromatic N) is 1. The molecule has 9 nitrogen and oxygen atoms in total. The van der Waals surface area contributed by atoms with E-state index in [2.05, 4.69) is 17.4 Å². The van der Waals surface area contributed by atoms with Crippen molar-refractivity contribution in [3.05, 3.63) is 58.1 Å². The minimum absolute atomic E-state index is 0.190. The number of ketones is 1. The highest BCUT2D eigenvalue weighted by molar-refractivity contribution is 6.33. The summed E-state index contributed by atoms with van der Waals surface area (Å²) in [4.78, 5) is 40.3. The molecule has 0 bridgehead atoms. The fraction of sp³-hybridized carbons (Fsp3) is 0.531. The van der Waals surface area contributed by atoms with Crippen molar-refractivity contribution >= 4 is 29.4 Å². The molecule has 1 aliphatic carbocycles. The summed E-state index contributed by atoms with van der Waals surface area (Å²) in [5.41, 5.74) is 0.582. The van der Waals surface area contributed by atoms with E-state index in [0.717, 1.165) is 12.8 Å². The van der Waals surface area contributed by atoms with Gasteiger partial charge >= 0.3 is 12.0 Å². The summed E-state index contributed by atoms with van der Waals surface area (Å²) in [6.07, 6.45) is 2.50. The zero-order chi connectivity index (χ0) is 30.9. The van der Waals surface area contributed by atoms with E-state index in [9.17, 15) is 19.5 Å². The van der Waals surface area contributed by atoms with Crippen LogP contribution in [0.2, 0.25) is 5.02 Å². The van der Waals surface area contributed by atoms with Crippen molar-refractivity contribution in [2.45, 2.75) is 84.4 Å². The summed E-state index contributed by atoms with van der Waals surface area (Å²) in [7, 11) is 0. The van der Waals surface area contributed by atoms with Gasteiger partial charge in [0.05, 0.1) is 30.4 Å². The molecule has 0 radical (unpaired) electrons. The van der Waals surface area contributed by atoms with E-state index in [0.29, 0.717) is 37.5 Å². The molecule has 1 atom stereocenters. The molecule has 1 saturated carbocycles. The first-order valence-corrected chi connectivity index (χ1v) is 15.1. The van der Waals surface area contributed by atoms with E-state index in [4.69, 9.17) is 25.8 Å². The Bertz CT molecular complexity index is 1230. The van der Waals surface area contributed by atoms with Crippen molar-refractivity contribution in [2.75, 3.05) is 26.4 Å². The van der Waals surface area contributed by atoms with Gasteiger partial charge in [0.25, 0.3) is 0 Å². The zero-order valence-electron chi connectivity index (χ0n) is 25.2. The molecular weight excluding hydrogens is 560 g/mol. The molecule has 230 valence electrons. The van der Waals surface area contributed by atoms with Gasteiger partial charge in [-0.3, -0.25) is 4.79 Å². The second-order valence-electron chi connectivity index (χ2n) is 10.5. The summed E-state index contributed by atoms with van der Waals surface area (Å²) in [6, 6.07) is 10.7. The fourth-order valence-electron chi connectivity index (χ4n) is 5.39. The highest BCUT2D eigenvalue weighted by Crippen LogP contribution is 2.43. The number of carboxylic acid groups (broad SMARTS) is 1. The lowest BCUT2D eigenvalue weighted by atomic mass is 9.74. The van der Waals surface area contributed by atoms with Gasteiger partial charge in [0.1, 0.15) is 16.9 Å². The number of benzene rings is 2. The quantitative estimate of drug-likeness (QED) is 0.167. The molecule has 3 rings (SSSR count). The standard InChI is InChI=1S/C32H43ClN2O7/c1-6-40-24-19-32(20-24,30(37)38)34-31(39)35(17-13-12-16-23-14-10-9-11-15-23)21(4)25-18-26(41-7-2)27(22(5)36)29(28(25)33)42-8-3/h9-11,14-15,18,21,24H,6-8,12-13,16-17,19-20H2,1-5H3,(H,34,39)(H,37,38). The Morgan fingerprint density at radius 2 is 1.74 bits per heavy atom. The predicted octanol–water partition coefficient (Wildman–Crippen LogP) is 6.46. The molecule has 1 fully saturated rings. The van der Waals surface area contributed by atoms with Gasteiger partial charge in [-0.2, -0.15) is 0 Å². The van der Waals surface area contributed by atoms with Gasteiger partial charge in [-0.05, 0) is 65.5 Å². The number of carboxylic acids is 1. The molecule has 1 unspecified atom stereocenters. The number of aryl methyl sites for hydroxylation is 1. The molecule has 0 saturated heterocycles. The summed E-state index contributed by atoms with van der Waals surface area (Å²) < 4.78 is 17.2. The van der Waals surface area contributed by atoms with Crippen molar-refractivity contribution in [3.8, 4) is 11.5 Å². The maximum atomic E-state index is 13.9. The van der Waals surface area contributed by atoms with Crippen molar-refractivity contribution < 1.29 is 33.7 Å². The van der Waals surface area contributed by atoms with Crippen LogP contribution in [-0.2, 0) is 16.0 Å². The number of halogens is 1. The largest absolute Gasteiger partial charge is 0.493 e. The third-order valence-electron chi connectivity index (χ3n) is 7.60. The van der Waals surface area contributed by atoms with Crippen LogP contribution in [0.3, 0.4) is 0 Å². The summed E-state index contributed by atoms with van der Waals surface area (Å²) in [6.45, 7) is 10.1. The van der Waals surface area contributed by atoms with Crippen LogP contribution in [-0.4, -0.2) is 65.8 Å². The molecule has 0 spiro atoms. The Morgan fingerprint density at radius 1 is 1.07 bits per heavy atom. The Morgan fingerprint density at radius 3 is 2.31 bits per heavy atom. The number of urea groups is 1. The fourth-order valence-corrected chi connectivity index (χ4v) is 5.75. The average molecular weight is 603 g/mol. The van der Waals surface area contributed by atoms with E-state index in [1.807, 2.05) is 39.0 Å². The third-order valence-corrected chi connectivity index (χ3v) is 7.99. The molecule has 2 aromatic carbocycles. The van der Waals surface area contributed by atoms with Gasteiger partial charge in [0, 0.05) is 31.6 Å². The number of ether oxygens (including phenoxy) is 3.